The number of fused-ring (bicyclic) bond motifs is 7. The molecule has 0 bridgehead atoms. The second-order valence-corrected chi connectivity index (χ2v) is 12.6. The van der Waals surface area contributed by atoms with Crippen LogP contribution >= 0.6 is 0 Å². The number of para-hydroxylation sites is 1. The van der Waals surface area contributed by atoms with E-state index in [-0.39, 0.29) is 5.41 Å². The molecule has 2 nitrogen and oxygen atoms in total. The minimum atomic E-state index is -0.104. The van der Waals surface area contributed by atoms with Gasteiger partial charge in [0, 0.05) is 22.2 Å². The summed E-state index contributed by atoms with van der Waals surface area (Å²) in [6.07, 6.45) is 0. The average molecular weight is 578 g/mol. The van der Waals surface area contributed by atoms with Crippen molar-refractivity contribution in [2.24, 2.45) is 0 Å². The topological polar surface area (TPSA) is 16.4 Å². The van der Waals surface area contributed by atoms with Gasteiger partial charge >= 0.3 is 0 Å². The van der Waals surface area contributed by atoms with E-state index in [2.05, 4.69) is 164 Å². The Balaban J connectivity index is 1.30. The summed E-state index contributed by atoms with van der Waals surface area (Å²) in [5.41, 5.74) is 12.8. The van der Waals surface area contributed by atoms with Crippen LogP contribution in [-0.4, -0.2) is 0 Å². The molecule has 0 aliphatic heterocycles. The molecule has 1 aliphatic rings. The molecule has 1 aliphatic carbocycles. The molecule has 7 aromatic carbocycles. The normalized spacial score (nSPS) is 13.3. The Hall–Kier alpha value is -5.60. The highest BCUT2D eigenvalue weighted by atomic mass is 16.3. The van der Waals surface area contributed by atoms with Crippen LogP contribution in [0.4, 0.5) is 17.1 Å². The van der Waals surface area contributed by atoms with Crippen LogP contribution in [-0.2, 0) is 5.41 Å². The van der Waals surface area contributed by atoms with E-state index in [0.717, 1.165) is 39.0 Å². The summed E-state index contributed by atoms with van der Waals surface area (Å²) in [5, 5.41) is 4.73. The van der Waals surface area contributed by atoms with Crippen molar-refractivity contribution in [3.8, 4) is 22.3 Å². The van der Waals surface area contributed by atoms with Gasteiger partial charge in [0.2, 0.25) is 0 Å². The fraction of sp³-hybridized carbons (Fsp3) is 0.0698. The lowest BCUT2D eigenvalue weighted by Crippen LogP contribution is -2.16. The van der Waals surface area contributed by atoms with Gasteiger partial charge in [-0.15, -0.1) is 0 Å². The molecule has 214 valence electrons. The molecule has 0 saturated heterocycles. The highest BCUT2D eigenvalue weighted by Gasteiger charge is 2.36. The maximum Gasteiger partial charge on any atom is 0.137 e. The van der Waals surface area contributed by atoms with E-state index >= 15 is 0 Å². The van der Waals surface area contributed by atoms with Crippen LogP contribution in [0.1, 0.15) is 25.0 Å². The van der Waals surface area contributed by atoms with Gasteiger partial charge in [-0.3, -0.25) is 0 Å². The summed E-state index contributed by atoms with van der Waals surface area (Å²) in [5.74, 6) is 0. The van der Waals surface area contributed by atoms with E-state index in [0.29, 0.717) is 0 Å². The minimum absolute atomic E-state index is 0.104. The molecule has 0 fully saturated rings. The molecule has 9 rings (SSSR count). The number of hydrogen-bond donors (Lipinski definition) is 0. The van der Waals surface area contributed by atoms with Crippen LogP contribution in [0, 0.1) is 0 Å². The SMILES string of the molecule is CC1(C)c2ccccc2-c2ccc(N(c3cccc(-c4cccc5ccccc45)c3)c3cccc4oc5ccccc5c34)cc21. The van der Waals surface area contributed by atoms with Gasteiger partial charge in [-0.05, 0) is 86.6 Å². The van der Waals surface area contributed by atoms with Gasteiger partial charge in [-0.1, -0.05) is 123 Å². The number of furan rings is 1. The highest BCUT2D eigenvalue weighted by Crippen LogP contribution is 2.51. The Kier molecular flexibility index (Phi) is 5.58. The fourth-order valence-corrected chi connectivity index (χ4v) is 7.49. The van der Waals surface area contributed by atoms with Crippen LogP contribution in [0.15, 0.2) is 156 Å². The summed E-state index contributed by atoms with van der Waals surface area (Å²) in [6, 6.07) is 54.7. The Morgan fingerprint density at radius 1 is 0.489 bits per heavy atom. The number of rotatable bonds is 4. The molecule has 0 spiro atoms. The Morgan fingerprint density at radius 3 is 2.09 bits per heavy atom. The molecule has 0 radical (unpaired) electrons. The standard InChI is InChI=1S/C43H31NO/c1-43(2)37-20-7-5-17-34(37)35-25-24-31(27-38(35)43)44(39-21-11-23-41-42(39)36-18-6-8-22-40(36)45-41)30-15-9-14-29(26-30)33-19-10-13-28-12-3-4-16-32(28)33/h3-27H,1-2H3. The van der Waals surface area contributed by atoms with Gasteiger partial charge < -0.3 is 9.32 Å². The summed E-state index contributed by atoms with van der Waals surface area (Å²) in [4.78, 5) is 2.41. The Labute approximate surface area is 262 Å². The average Bonchev–Trinajstić information content (AvgIpc) is 3.58. The van der Waals surface area contributed by atoms with Gasteiger partial charge in [0.1, 0.15) is 11.2 Å². The maximum atomic E-state index is 6.38. The van der Waals surface area contributed by atoms with E-state index in [1.54, 1.807) is 0 Å². The van der Waals surface area contributed by atoms with E-state index in [1.165, 1.54) is 44.2 Å². The van der Waals surface area contributed by atoms with Crippen molar-refractivity contribution >= 4 is 49.8 Å². The number of benzene rings is 7. The van der Waals surface area contributed by atoms with Crippen LogP contribution in [0.25, 0.3) is 55.0 Å². The van der Waals surface area contributed by atoms with Gasteiger partial charge in [0.05, 0.1) is 11.1 Å². The second kappa shape index (κ2) is 9.70. The highest BCUT2D eigenvalue weighted by molar-refractivity contribution is 6.13. The molecule has 0 N–H and O–H groups in total. The van der Waals surface area contributed by atoms with Crippen molar-refractivity contribution in [3.05, 3.63) is 163 Å². The predicted molar refractivity (Wildman–Crippen MR) is 189 cm³/mol. The predicted octanol–water partition coefficient (Wildman–Crippen LogP) is 12.2. The second-order valence-electron chi connectivity index (χ2n) is 12.6. The third kappa shape index (κ3) is 3.89. The van der Waals surface area contributed by atoms with Gasteiger partial charge in [0.25, 0.3) is 0 Å². The maximum absolute atomic E-state index is 6.38. The lowest BCUT2D eigenvalue weighted by molar-refractivity contribution is 0.660. The molecule has 8 aromatic rings. The summed E-state index contributed by atoms with van der Waals surface area (Å²) < 4.78 is 6.38. The summed E-state index contributed by atoms with van der Waals surface area (Å²) >= 11 is 0. The van der Waals surface area contributed by atoms with Gasteiger partial charge in [-0.25, -0.2) is 0 Å². The zero-order chi connectivity index (χ0) is 30.1. The van der Waals surface area contributed by atoms with Gasteiger partial charge in [0.15, 0.2) is 0 Å². The molecule has 0 amide bonds. The fourth-order valence-electron chi connectivity index (χ4n) is 7.49. The Bertz CT molecular complexity index is 2420. The molecule has 1 aromatic heterocycles. The van der Waals surface area contributed by atoms with Crippen molar-refractivity contribution in [1.29, 1.82) is 0 Å². The molecule has 0 atom stereocenters. The lowest BCUT2D eigenvalue weighted by atomic mass is 9.82. The summed E-state index contributed by atoms with van der Waals surface area (Å²) in [6.45, 7) is 4.69. The minimum Gasteiger partial charge on any atom is -0.456 e. The van der Waals surface area contributed by atoms with Crippen LogP contribution in [0.3, 0.4) is 0 Å². The third-order valence-corrected chi connectivity index (χ3v) is 9.65. The smallest absolute Gasteiger partial charge is 0.137 e. The first-order valence-electron chi connectivity index (χ1n) is 15.6. The van der Waals surface area contributed by atoms with Crippen LogP contribution in [0.2, 0.25) is 0 Å². The van der Waals surface area contributed by atoms with Crippen LogP contribution in [0.5, 0.6) is 0 Å². The van der Waals surface area contributed by atoms with Crippen LogP contribution < -0.4 is 4.90 Å². The van der Waals surface area contributed by atoms with Crippen molar-refractivity contribution in [3.63, 3.8) is 0 Å². The number of hydrogen-bond acceptors (Lipinski definition) is 2. The third-order valence-electron chi connectivity index (χ3n) is 9.65. The van der Waals surface area contributed by atoms with Crippen molar-refractivity contribution < 1.29 is 4.42 Å². The molecule has 0 saturated carbocycles. The van der Waals surface area contributed by atoms with Gasteiger partial charge in [-0.2, -0.15) is 0 Å². The quantitative estimate of drug-likeness (QED) is 0.207. The van der Waals surface area contributed by atoms with Crippen molar-refractivity contribution in [1.82, 2.24) is 0 Å². The molecule has 1 heterocycles. The monoisotopic (exact) mass is 577 g/mol. The zero-order valence-electron chi connectivity index (χ0n) is 25.3. The number of nitrogens with zero attached hydrogens (tertiary/aromatic N) is 1. The molecule has 45 heavy (non-hydrogen) atoms. The zero-order valence-corrected chi connectivity index (χ0v) is 25.3. The molecular weight excluding hydrogens is 546 g/mol. The molecular formula is C43H31NO. The first-order chi connectivity index (χ1) is 22.1. The number of anilines is 3. The van der Waals surface area contributed by atoms with E-state index in [1.807, 2.05) is 6.07 Å². The van der Waals surface area contributed by atoms with E-state index in [4.69, 9.17) is 4.42 Å². The molecule has 0 unspecified atom stereocenters. The first-order valence-corrected chi connectivity index (χ1v) is 15.6. The first kappa shape index (κ1) is 25.9. The molecule has 2 heteroatoms. The Morgan fingerprint density at radius 2 is 1.16 bits per heavy atom. The largest absolute Gasteiger partial charge is 0.456 e. The van der Waals surface area contributed by atoms with Crippen molar-refractivity contribution in [2.45, 2.75) is 19.3 Å². The van der Waals surface area contributed by atoms with Crippen molar-refractivity contribution in [2.75, 3.05) is 4.90 Å². The van der Waals surface area contributed by atoms with E-state index in [9.17, 15) is 0 Å². The van der Waals surface area contributed by atoms with E-state index < -0.39 is 0 Å². The lowest BCUT2D eigenvalue weighted by Gasteiger charge is -2.29. The summed E-state index contributed by atoms with van der Waals surface area (Å²) in [7, 11) is 0.